The summed E-state index contributed by atoms with van der Waals surface area (Å²) >= 11 is 15.4. The second-order valence-electron chi connectivity index (χ2n) is 9.72. The molecule has 0 aliphatic carbocycles. The first kappa shape index (κ1) is 27.8. The van der Waals surface area contributed by atoms with Crippen LogP contribution in [0.4, 0.5) is 5.69 Å². The van der Waals surface area contributed by atoms with E-state index in [2.05, 4.69) is 25.8 Å². The third-order valence-electron chi connectivity index (χ3n) is 7.11. The van der Waals surface area contributed by atoms with Gasteiger partial charge in [-0.2, -0.15) is 0 Å². The minimum absolute atomic E-state index is 0.00760. The molecular weight excluding hydrogens is 630 g/mol. The molecule has 4 aromatic carbocycles. The Kier molecular flexibility index (Phi) is 7.64. The zero-order valence-corrected chi connectivity index (χ0v) is 25.5. The van der Waals surface area contributed by atoms with Crippen molar-refractivity contribution in [1.82, 2.24) is 9.88 Å². The number of aromatic nitrogens is 1. The molecule has 42 heavy (non-hydrogen) atoms. The van der Waals surface area contributed by atoms with Crippen molar-refractivity contribution in [2.45, 2.75) is 6.92 Å². The zero-order valence-electron chi connectivity index (χ0n) is 22.3. The summed E-state index contributed by atoms with van der Waals surface area (Å²) < 4.78 is 3.11. The van der Waals surface area contributed by atoms with Gasteiger partial charge < -0.3 is 4.57 Å². The summed E-state index contributed by atoms with van der Waals surface area (Å²) in [6.45, 7) is 1.81. The van der Waals surface area contributed by atoms with Gasteiger partial charge >= 0.3 is 0 Å². The van der Waals surface area contributed by atoms with Crippen molar-refractivity contribution < 1.29 is 9.59 Å². The molecule has 1 fully saturated rings. The van der Waals surface area contributed by atoms with Crippen LogP contribution in [0, 0.1) is 6.92 Å². The molecule has 8 heteroatoms. The van der Waals surface area contributed by atoms with Gasteiger partial charge in [0.05, 0.1) is 17.1 Å². The van der Waals surface area contributed by atoms with Gasteiger partial charge in [-0.25, -0.2) is 0 Å². The molecule has 5 nitrogen and oxygen atoms in total. The second-order valence-corrected chi connectivity index (χ2v) is 11.4. The van der Waals surface area contributed by atoms with Crippen molar-refractivity contribution in [2.75, 3.05) is 4.90 Å². The van der Waals surface area contributed by atoms with Gasteiger partial charge in [-0.05, 0) is 84.4 Å². The first-order valence-corrected chi connectivity index (χ1v) is 14.7. The van der Waals surface area contributed by atoms with Crippen LogP contribution in [0.5, 0.6) is 0 Å². The number of hydrogen-bond acceptors (Lipinski definition) is 3. The lowest BCUT2D eigenvalue weighted by atomic mass is 10.0. The SMILES string of the molecule is Cc1c(Cl)cccc1N1C(=O)/C(=C\c2cc(-c3ccccc3)n(-c3ccc(Br)cc3)c2-c2ccccc2)C(=O)NC1=S. The molecule has 2 heterocycles. The molecule has 0 atom stereocenters. The average molecular weight is 653 g/mol. The number of rotatable bonds is 5. The third kappa shape index (κ3) is 5.11. The third-order valence-corrected chi connectivity index (χ3v) is 8.34. The molecule has 6 rings (SSSR count). The Morgan fingerprint density at radius 1 is 0.833 bits per heavy atom. The molecule has 206 valence electrons. The summed E-state index contributed by atoms with van der Waals surface area (Å²) in [5.74, 6) is -1.08. The molecule has 1 aromatic heterocycles. The Labute approximate surface area is 262 Å². The topological polar surface area (TPSA) is 54.3 Å². The number of thiocarbonyl (C=S) groups is 1. The normalized spacial score (nSPS) is 14.4. The molecule has 2 amide bonds. The lowest BCUT2D eigenvalue weighted by molar-refractivity contribution is -0.122. The molecule has 0 spiro atoms. The summed E-state index contributed by atoms with van der Waals surface area (Å²) in [6.07, 6.45) is 1.65. The highest BCUT2D eigenvalue weighted by atomic mass is 79.9. The summed E-state index contributed by atoms with van der Waals surface area (Å²) in [6, 6.07) is 35.2. The number of carbonyl (C=O) groups is 2. The fraction of sp³-hybridized carbons (Fsp3) is 0.0294. The molecular formula is C34H23BrClN3O2S. The smallest absolute Gasteiger partial charge is 0.270 e. The van der Waals surface area contributed by atoms with E-state index in [0.29, 0.717) is 21.8 Å². The highest BCUT2D eigenvalue weighted by molar-refractivity contribution is 9.10. The quantitative estimate of drug-likeness (QED) is 0.118. The van der Waals surface area contributed by atoms with E-state index in [1.165, 1.54) is 4.90 Å². The van der Waals surface area contributed by atoms with Crippen LogP contribution < -0.4 is 10.2 Å². The van der Waals surface area contributed by atoms with Crippen molar-refractivity contribution >= 4 is 68.4 Å². The number of halogens is 2. The van der Waals surface area contributed by atoms with Gasteiger partial charge in [0.15, 0.2) is 5.11 Å². The average Bonchev–Trinajstić information content (AvgIpc) is 3.38. The number of carbonyl (C=O) groups excluding carboxylic acids is 2. The standard InChI is InChI=1S/C34H23BrClN3O2S/c1-21-28(36)13-8-14-29(21)39-33(41)27(32(40)37-34(39)42)19-24-20-30(22-9-4-2-5-10-22)38(26-17-15-25(35)16-18-26)31(24)23-11-6-3-7-12-23/h2-20H,1H3,(H,37,40,42)/b27-19-. The lowest BCUT2D eigenvalue weighted by Gasteiger charge is -2.30. The fourth-order valence-electron chi connectivity index (χ4n) is 5.08. The van der Waals surface area contributed by atoms with Gasteiger partial charge in [-0.3, -0.25) is 19.8 Å². The van der Waals surface area contributed by atoms with Crippen LogP contribution in [0.25, 0.3) is 34.3 Å². The Hall–Kier alpha value is -4.30. The first-order chi connectivity index (χ1) is 20.3. The number of nitrogens with zero attached hydrogens (tertiary/aromatic N) is 2. The minimum atomic E-state index is -0.558. The van der Waals surface area contributed by atoms with Crippen LogP contribution in [-0.4, -0.2) is 21.5 Å². The predicted octanol–water partition coefficient (Wildman–Crippen LogP) is 8.37. The van der Waals surface area contributed by atoms with Crippen LogP contribution in [0.3, 0.4) is 0 Å². The predicted molar refractivity (Wildman–Crippen MR) is 177 cm³/mol. The van der Waals surface area contributed by atoms with Crippen molar-refractivity contribution in [2.24, 2.45) is 0 Å². The summed E-state index contributed by atoms with van der Waals surface area (Å²) in [5, 5.41) is 3.20. The summed E-state index contributed by atoms with van der Waals surface area (Å²) in [4.78, 5) is 28.6. The van der Waals surface area contributed by atoms with E-state index in [0.717, 1.165) is 32.7 Å². The number of benzene rings is 4. The van der Waals surface area contributed by atoms with Crippen LogP contribution >= 0.6 is 39.7 Å². The van der Waals surface area contributed by atoms with Crippen LogP contribution in [0.15, 0.2) is 119 Å². The maximum Gasteiger partial charge on any atom is 0.270 e. The minimum Gasteiger partial charge on any atom is -0.309 e. The van der Waals surface area contributed by atoms with Crippen LogP contribution in [-0.2, 0) is 9.59 Å². The molecule has 1 aliphatic heterocycles. The first-order valence-electron chi connectivity index (χ1n) is 13.1. The lowest BCUT2D eigenvalue weighted by Crippen LogP contribution is -2.54. The van der Waals surface area contributed by atoms with Gasteiger partial charge in [-0.15, -0.1) is 0 Å². The van der Waals surface area contributed by atoms with Crippen LogP contribution in [0.2, 0.25) is 5.02 Å². The van der Waals surface area contributed by atoms with E-state index in [1.54, 1.807) is 24.3 Å². The molecule has 0 radical (unpaired) electrons. The van der Waals surface area contributed by atoms with Crippen molar-refractivity contribution in [3.63, 3.8) is 0 Å². The van der Waals surface area contributed by atoms with E-state index < -0.39 is 11.8 Å². The van der Waals surface area contributed by atoms with Gasteiger partial charge in [0, 0.05) is 20.7 Å². The van der Waals surface area contributed by atoms with E-state index in [-0.39, 0.29) is 10.7 Å². The van der Waals surface area contributed by atoms with Crippen LogP contribution in [0.1, 0.15) is 11.1 Å². The molecule has 0 bridgehead atoms. The zero-order chi connectivity index (χ0) is 29.4. The van der Waals surface area contributed by atoms with Gasteiger partial charge in [0.2, 0.25) is 0 Å². The second kappa shape index (κ2) is 11.5. The fourth-order valence-corrected chi connectivity index (χ4v) is 5.79. The largest absolute Gasteiger partial charge is 0.309 e. The van der Waals surface area contributed by atoms with Crippen molar-refractivity contribution in [3.8, 4) is 28.2 Å². The Morgan fingerprint density at radius 2 is 1.48 bits per heavy atom. The van der Waals surface area contributed by atoms with E-state index in [1.807, 2.05) is 97.9 Å². The molecule has 5 aromatic rings. The molecule has 1 saturated heterocycles. The van der Waals surface area contributed by atoms with Crippen molar-refractivity contribution in [3.05, 3.63) is 135 Å². The Balaban J connectivity index is 1.60. The molecule has 0 unspecified atom stereocenters. The van der Waals surface area contributed by atoms with Gasteiger partial charge in [0.1, 0.15) is 5.57 Å². The molecule has 0 saturated carbocycles. The molecule has 1 aliphatic rings. The summed E-state index contributed by atoms with van der Waals surface area (Å²) in [5.41, 5.74) is 6.46. The summed E-state index contributed by atoms with van der Waals surface area (Å²) in [7, 11) is 0. The van der Waals surface area contributed by atoms with E-state index >= 15 is 0 Å². The Morgan fingerprint density at radius 3 is 2.14 bits per heavy atom. The van der Waals surface area contributed by atoms with Crippen molar-refractivity contribution in [1.29, 1.82) is 0 Å². The number of amides is 2. The highest BCUT2D eigenvalue weighted by Crippen LogP contribution is 2.38. The van der Waals surface area contributed by atoms with Gasteiger partial charge in [-0.1, -0.05) is 94.3 Å². The number of anilines is 1. The number of hydrogen-bond donors (Lipinski definition) is 1. The monoisotopic (exact) mass is 651 g/mol. The maximum atomic E-state index is 14.0. The molecule has 1 N–H and O–H groups in total. The highest BCUT2D eigenvalue weighted by Gasteiger charge is 2.36. The Bertz CT molecular complexity index is 1880. The van der Waals surface area contributed by atoms with Gasteiger partial charge in [0.25, 0.3) is 11.8 Å². The number of nitrogens with one attached hydrogen (secondary N) is 1. The van der Waals surface area contributed by atoms with E-state index in [9.17, 15) is 9.59 Å². The van der Waals surface area contributed by atoms with E-state index in [4.69, 9.17) is 23.8 Å². The maximum absolute atomic E-state index is 14.0.